The van der Waals surface area contributed by atoms with E-state index in [4.69, 9.17) is 4.74 Å². The number of aromatic amines is 1. The largest absolute Gasteiger partial charge is 0.462 e. The molecule has 0 spiro atoms. The Labute approximate surface area is 91.2 Å². The molecule has 0 aliphatic rings. The van der Waals surface area contributed by atoms with Crippen molar-refractivity contribution in [2.24, 2.45) is 0 Å². The number of H-pyrrole nitrogens is 1. The number of hydrogen-bond donors (Lipinski definition) is 1. The maximum atomic E-state index is 11.2. The zero-order valence-electron chi connectivity index (χ0n) is 8.64. The highest BCUT2D eigenvalue weighted by molar-refractivity contribution is 5.81. The Balaban J connectivity index is 2.50. The fourth-order valence-corrected chi connectivity index (χ4v) is 1.12. The standard InChI is InChI=1S/C10H12N2O4/c1-2-9(14)16-7-3-6-12-8(13)4-5-11-10(12)15/h2,4-5H,1,3,6-7H2,(H,11,15). The van der Waals surface area contributed by atoms with Gasteiger partial charge in [0.1, 0.15) is 0 Å². The van der Waals surface area contributed by atoms with Gasteiger partial charge in [0, 0.05) is 24.9 Å². The van der Waals surface area contributed by atoms with Crippen LogP contribution in [0.1, 0.15) is 6.42 Å². The first-order valence-electron chi connectivity index (χ1n) is 4.73. The van der Waals surface area contributed by atoms with Crippen LogP contribution in [0.5, 0.6) is 0 Å². The number of carbonyl (C=O) groups excluding carboxylic acids is 1. The molecule has 0 unspecified atom stereocenters. The van der Waals surface area contributed by atoms with Crippen LogP contribution in [0.25, 0.3) is 0 Å². The molecule has 1 heterocycles. The number of hydrogen-bond acceptors (Lipinski definition) is 4. The summed E-state index contributed by atoms with van der Waals surface area (Å²) in [5.41, 5.74) is -0.846. The van der Waals surface area contributed by atoms with Crippen molar-refractivity contribution in [2.75, 3.05) is 6.61 Å². The lowest BCUT2D eigenvalue weighted by atomic mass is 10.4. The lowest BCUT2D eigenvalue weighted by Crippen LogP contribution is -2.34. The molecule has 0 radical (unpaired) electrons. The Bertz CT molecular complexity index is 458. The number of nitrogens with zero attached hydrogens (tertiary/aromatic N) is 1. The molecule has 0 aliphatic carbocycles. The minimum Gasteiger partial charge on any atom is -0.462 e. The first kappa shape index (κ1) is 12.0. The number of nitrogens with one attached hydrogen (secondary N) is 1. The van der Waals surface area contributed by atoms with E-state index in [1.54, 1.807) is 0 Å². The van der Waals surface area contributed by atoms with Gasteiger partial charge in [-0.1, -0.05) is 6.58 Å². The molecule has 6 nitrogen and oxygen atoms in total. The van der Waals surface area contributed by atoms with Crippen molar-refractivity contribution in [3.8, 4) is 0 Å². The Hall–Kier alpha value is -2.11. The molecule has 0 bridgehead atoms. The van der Waals surface area contributed by atoms with Gasteiger partial charge in [-0.2, -0.15) is 0 Å². The molecule has 16 heavy (non-hydrogen) atoms. The Morgan fingerprint density at radius 3 is 2.94 bits per heavy atom. The first-order valence-corrected chi connectivity index (χ1v) is 4.73. The summed E-state index contributed by atoms with van der Waals surface area (Å²) in [7, 11) is 0. The maximum absolute atomic E-state index is 11.2. The van der Waals surface area contributed by atoms with Crippen molar-refractivity contribution >= 4 is 5.97 Å². The van der Waals surface area contributed by atoms with Gasteiger partial charge in [0.05, 0.1) is 6.61 Å². The summed E-state index contributed by atoms with van der Waals surface area (Å²) in [4.78, 5) is 35.5. The van der Waals surface area contributed by atoms with Crippen LogP contribution in [0.2, 0.25) is 0 Å². The number of carbonyl (C=O) groups is 1. The molecule has 1 N–H and O–H groups in total. The third kappa shape index (κ3) is 3.23. The minimum absolute atomic E-state index is 0.144. The van der Waals surface area contributed by atoms with Crippen molar-refractivity contribution in [2.45, 2.75) is 13.0 Å². The van der Waals surface area contributed by atoms with Crippen molar-refractivity contribution in [1.29, 1.82) is 0 Å². The van der Waals surface area contributed by atoms with E-state index in [9.17, 15) is 14.4 Å². The van der Waals surface area contributed by atoms with E-state index in [0.717, 1.165) is 10.6 Å². The summed E-state index contributed by atoms with van der Waals surface area (Å²) in [6.07, 6.45) is 2.74. The molecule has 0 saturated carbocycles. The third-order valence-electron chi connectivity index (χ3n) is 1.88. The van der Waals surface area contributed by atoms with Crippen molar-refractivity contribution < 1.29 is 9.53 Å². The highest BCUT2D eigenvalue weighted by Crippen LogP contribution is 1.86. The number of aromatic nitrogens is 2. The quantitative estimate of drug-likeness (QED) is 0.421. The molecule has 0 saturated heterocycles. The van der Waals surface area contributed by atoms with Crippen LogP contribution in [0.4, 0.5) is 0 Å². The Morgan fingerprint density at radius 1 is 1.56 bits per heavy atom. The maximum Gasteiger partial charge on any atom is 0.330 e. The predicted molar refractivity (Wildman–Crippen MR) is 57.1 cm³/mol. The highest BCUT2D eigenvalue weighted by Gasteiger charge is 2.00. The lowest BCUT2D eigenvalue weighted by Gasteiger charge is -2.03. The normalized spacial score (nSPS) is 9.75. The van der Waals surface area contributed by atoms with E-state index >= 15 is 0 Å². The molecule has 1 aromatic rings. The molecule has 0 aliphatic heterocycles. The second kappa shape index (κ2) is 5.69. The van der Waals surface area contributed by atoms with Gasteiger partial charge in [0.25, 0.3) is 5.56 Å². The van der Waals surface area contributed by atoms with Gasteiger partial charge >= 0.3 is 11.7 Å². The Morgan fingerprint density at radius 2 is 2.31 bits per heavy atom. The molecule has 0 aromatic carbocycles. The number of esters is 1. The van der Waals surface area contributed by atoms with Crippen LogP contribution in [-0.4, -0.2) is 22.1 Å². The van der Waals surface area contributed by atoms with Gasteiger partial charge in [-0.15, -0.1) is 0 Å². The van der Waals surface area contributed by atoms with E-state index < -0.39 is 11.7 Å². The average molecular weight is 224 g/mol. The zero-order chi connectivity index (χ0) is 12.0. The van der Waals surface area contributed by atoms with E-state index in [1.807, 2.05) is 0 Å². The molecule has 1 aromatic heterocycles. The Kier molecular flexibility index (Phi) is 4.26. The topological polar surface area (TPSA) is 81.2 Å². The van der Waals surface area contributed by atoms with Gasteiger partial charge in [-0.25, -0.2) is 9.59 Å². The molecular formula is C10H12N2O4. The van der Waals surface area contributed by atoms with Crippen molar-refractivity contribution in [1.82, 2.24) is 9.55 Å². The molecule has 0 amide bonds. The lowest BCUT2D eigenvalue weighted by molar-refractivity contribution is -0.137. The summed E-state index contributed by atoms with van der Waals surface area (Å²) in [6, 6.07) is 1.26. The van der Waals surface area contributed by atoms with Crippen molar-refractivity contribution in [3.63, 3.8) is 0 Å². The molecular weight excluding hydrogens is 212 g/mol. The van der Waals surface area contributed by atoms with E-state index in [1.165, 1.54) is 12.3 Å². The molecule has 0 atom stereocenters. The van der Waals surface area contributed by atoms with Gasteiger partial charge in [-0.3, -0.25) is 9.36 Å². The monoisotopic (exact) mass is 224 g/mol. The van der Waals surface area contributed by atoms with Gasteiger partial charge in [0.2, 0.25) is 0 Å². The summed E-state index contributed by atoms with van der Waals surface area (Å²) in [5, 5.41) is 0. The van der Waals surface area contributed by atoms with Gasteiger partial charge in [-0.05, 0) is 6.42 Å². The van der Waals surface area contributed by atoms with E-state index in [2.05, 4.69) is 11.6 Å². The van der Waals surface area contributed by atoms with E-state index in [0.29, 0.717) is 6.42 Å². The van der Waals surface area contributed by atoms with Gasteiger partial charge in [0.15, 0.2) is 0 Å². The second-order valence-electron chi connectivity index (χ2n) is 3.00. The minimum atomic E-state index is -0.519. The zero-order valence-corrected chi connectivity index (χ0v) is 8.64. The summed E-state index contributed by atoms with van der Waals surface area (Å²) in [6.45, 7) is 3.59. The number of rotatable bonds is 5. The van der Waals surface area contributed by atoms with Crippen LogP contribution >= 0.6 is 0 Å². The fourth-order valence-electron chi connectivity index (χ4n) is 1.12. The fraction of sp³-hybridized carbons (Fsp3) is 0.300. The van der Waals surface area contributed by atoms with Gasteiger partial charge < -0.3 is 9.72 Å². The highest BCUT2D eigenvalue weighted by atomic mass is 16.5. The van der Waals surface area contributed by atoms with Crippen LogP contribution in [-0.2, 0) is 16.1 Å². The molecule has 6 heteroatoms. The first-order chi connectivity index (χ1) is 7.65. The van der Waals surface area contributed by atoms with Crippen LogP contribution < -0.4 is 11.2 Å². The second-order valence-corrected chi connectivity index (χ2v) is 3.00. The van der Waals surface area contributed by atoms with Crippen molar-refractivity contribution in [3.05, 3.63) is 45.8 Å². The molecule has 86 valence electrons. The molecule has 0 fully saturated rings. The van der Waals surface area contributed by atoms with Crippen LogP contribution in [0, 0.1) is 0 Å². The average Bonchev–Trinajstić information content (AvgIpc) is 2.27. The summed E-state index contributed by atoms with van der Waals surface area (Å²) >= 11 is 0. The van der Waals surface area contributed by atoms with E-state index in [-0.39, 0.29) is 18.7 Å². The van der Waals surface area contributed by atoms with Crippen LogP contribution in [0.15, 0.2) is 34.5 Å². The smallest absolute Gasteiger partial charge is 0.330 e. The molecule has 1 rings (SSSR count). The SMILES string of the molecule is C=CC(=O)OCCCn1c(=O)cc[nH]c1=O. The summed E-state index contributed by atoms with van der Waals surface area (Å²) in [5.74, 6) is -0.519. The number of ether oxygens (including phenoxy) is 1. The third-order valence-corrected chi connectivity index (χ3v) is 1.88. The predicted octanol–water partition coefficient (Wildman–Crippen LogP) is -0.344. The van der Waals surface area contributed by atoms with Crippen LogP contribution in [0.3, 0.4) is 0 Å². The summed E-state index contributed by atoms with van der Waals surface area (Å²) < 4.78 is 5.75.